The SMILES string of the molecule is CNC(=O)c1c(-c2ccc(F)cc2)oc2ccc(-c3cc(C(=O)NCC(C)C)ccc3OCCc3ccc(Cl)cc3)cc12. The zero-order valence-electron chi connectivity index (χ0n) is 24.2. The number of halogens is 2. The minimum Gasteiger partial charge on any atom is -0.493 e. The first kappa shape index (κ1) is 29.9. The molecule has 43 heavy (non-hydrogen) atoms. The predicted molar refractivity (Wildman–Crippen MR) is 168 cm³/mol. The molecule has 0 aliphatic rings. The molecule has 4 aromatic carbocycles. The molecule has 0 fully saturated rings. The molecule has 220 valence electrons. The first-order chi connectivity index (χ1) is 20.7. The molecule has 6 nitrogen and oxygen atoms in total. The highest BCUT2D eigenvalue weighted by Crippen LogP contribution is 2.38. The van der Waals surface area contributed by atoms with Crippen LogP contribution >= 0.6 is 11.6 Å². The highest BCUT2D eigenvalue weighted by atomic mass is 35.5. The van der Waals surface area contributed by atoms with Crippen molar-refractivity contribution in [3.63, 3.8) is 0 Å². The van der Waals surface area contributed by atoms with Crippen LogP contribution in [-0.2, 0) is 6.42 Å². The number of rotatable bonds is 10. The summed E-state index contributed by atoms with van der Waals surface area (Å²) >= 11 is 6.02. The highest BCUT2D eigenvalue weighted by molar-refractivity contribution is 6.30. The van der Waals surface area contributed by atoms with Crippen LogP contribution in [0, 0.1) is 11.7 Å². The van der Waals surface area contributed by atoms with E-state index < -0.39 is 0 Å². The molecule has 0 unspecified atom stereocenters. The Morgan fingerprint density at radius 3 is 2.33 bits per heavy atom. The fourth-order valence-electron chi connectivity index (χ4n) is 4.77. The van der Waals surface area contributed by atoms with Crippen molar-refractivity contribution in [3.8, 4) is 28.2 Å². The highest BCUT2D eigenvalue weighted by Gasteiger charge is 2.23. The van der Waals surface area contributed by atoms with Crippen molar-refractivity contribution in [2.75, 3.05) is 20.2 Å². The van der Waals surface area contributed by atoms with Gasteiger partial charge in [-0.15, -0.1) is 0 Å². The van der Waals surface area contributed by atoms with Gasteiger partial charge < -0.3 is 19.8 Å². The number of hydrogen-bond acceptors (Lipinski definition) is 4. The van der Waals surface area contributed by atoms with Crippen LogP contribution < -0.4 is 15.4 Å². The summed E-state index contributed by atoms with van der Waals surface area (Å²) in [6.07, 6.45) is 0.663. The van der Waals surface area contributed by atoms with E-state index in [2.05, 4.69) is 10.6 Å². The molecule has 0 radical (unpaired) electrons. The molecule has 2 amide bonds. The van der Waals surface area contributed by atoms with Crippen molar-refractivity contribution in [1.82, 2.24) is 10.6 Å². The first-order valence-corrected chi connectivity index (χ1v) is 14.5. The number of fused-ring (bicyclic) bond motifs is 1. The minimum absolute atomic E-state index is 0.184. The summed E-state index contributed by atoms with van der Waals surface area (Å²) in [5, 5.41) is 6.91. The molecule has 8 heteroatoms. The third kappa shape index (κ3) is 6.89. The van der Waals surface area contributed by atoms with E-state index in [1.807, 2.05) is 50.2 Å². The molecule has 5 aromatic rings. The van der Waals surface area contributed by atoms with E-state index in [-0.39, 0.29) is 17.6 Å². The maximum Gasteiger partial charge on any atom is 0.255 e. The monoisotopic (exact) mass is 598 g/mol. The Kier molecular flexibility index (Phi) is 9.12. The fourth-order valence-corrected chi connectivity index (χ4v) is 4.90. The van der Waals surface area contributed by atoms with E-state index >= 15 is 0 Å². The Morgan fingerprint density at radius 2 is 1.63 bits per heavy atom. The lowest BCUT2D eigenvalue weighted by atomic mass is 9.98. The molecule has 0 bridgehead atoms. The van der Waals surface area contributed by atoms with Crippen LogP contribution in [0.4, 0.5) is 4.39 Å². The van der Waals surface area contributed by atoms with Gasteiger partial charge >= 0.3 is 0 Å². The van der Waals surface area contributed by atoms with Crippen LogP contribution in [0.15, 0.2) is 89.3 Å². The molecule has 1 aromatic heterocycles. The molecule has 0 saturated carbocycles. The van der Waals surface area contributed by atoms with Gasteiger partial charge in [0.05, 0.1) is 12.2 Å². The fraction of sp³-hybridized carbons (Fsp3) is 0.200. The number of carbonyl (C=O) groups excluding carboxylic acids is 2. The summed E-state index contributed by atoms with van der Waals surface area (Å²) in [6, 6.07) is 24.3. The van der Waals surface area contributed by atoms with Gasteiger partial charge in [-0.1, -0.05) is 43.6 Å². The molecule has 0 atom stereocenters. The molecule has 0 aliphatic carbocycles. The number of ether oxygens (including phenoxy) is 1. The quantitative estimate of drug-likeness (QED) is 0.171. The summed E-state index contributed by atoms with van der Waals surface area (Å²) in [5.41, 5.74) is 4.42. The Bertz CT molecular complexity index is 1760. The third-order valence-corrected chi connectivity index (χ3v) is 7.29. The zero-order valence-corrected chi connectivity index (χ0v) is 24.9. The largest absolute Gasteiger partial charge is 0.493 e. The normalized spacial score (nSPS) is 11.1. The van der Waals surface area contributed by atoms with Crippen LogP contribution in [0.2, 0.25) is 5.02 Å². The van der Waals surface area contributed by atoms with E-state index in [0.717, 1.165) is 11.1 Å². The molecule has 1 heterocycles. The molecule has 0 aliphatic heterocycles. The topological polar surface area (TPSA) is 80.6 Å². The van der Waals surface area contributed by atoms with Gasteiger partial charge in [0.25, 0.3) is 11.8 Å². The van der Waals surface area contributed by atoms with Crippen molar-refractivity contribution in [1.29, 1.82) is 0 Å². The third-order valence-electron chi connectivity index (χ3n) is 7.03. The molecule has 2 N–H and O–H groups in total. The molecular formula is C35H32ClFN2O4. The number of carbonyl (C=O) groups is 2. The molecule has 0 saturated heterocycles. The van der Waals surface area contributed by atoms with Gasteiger partial charge in [-0.2, -0.15) is 0 Å². The van der Waals surface area contributed by atoms with Gasteiger partial charge in [-0.05, 0) is 83.8 Å². The van der Waals surface area contributed by atoms with Crippen molar-refractivity contribution in [3.05, 3.63) is 112 Å². The Balaban J connectivity index is 1.56. The predicted octanol–water partition coefficient (Wildman–Crippen LogP) is 7.93. The Morgan fingerprint density at radius 1 is 0.907 bits per heavy atom. The van der Waals surface area contributed by atoms with Gasteiger partial charge in [-0.25, -0.2) is 4.39 Å². The van der Waals surface area contributed by atoms with Crippen LogP contribution in [0.5, 0.6) is 5.75 Å². The van der Waals surface area contributed by atoms with Gasteiger partial charge in [0.15, 0.2) is 0 Å². The average molecular weight is 599 g/mol. The smallest absolute Gasteiger partial charge is 0.255 e. The number of nitrogens with one attached hydrogen (secondary N) is 2. The number of hydrogen-bond donors (Lipinski definition) is 2. The van der Waals surface area contributed by atoms with Crippen LogP contribution in [-0.4, -0.2) is 32.0 Å². The Labute approximate surface area is 254 Å². The van der Waals surface area contributed by atoms with Crippen molar-refractivity contribution in [2.45, 2.75) is 20.3 Å². The van der Waals surface area contributed by atoms with Crippen LogP contribution in [0.3, 0.4) is 0 Å². The standard InChI is InChI=1S/C35H32ClFN2O4/c1-21(2)20-39-34(40)25-9-14-30(42-17-16-22-4-10-26(36)11-5-22)28(19-25)24-8-15-31-29(18-24)32(35(41)38-3)33(43-31)23-6-12-27(37)13-7-23/h4-15,18-19,21H,16-17,20H2,1-3H3,(H,38,41)(H,39,40). The summed E-state index contributed by atoms with van der Waals surface area (Å²) in [7, 11) is 1.55. The van der Waals surface area contributed by atoms with Crippen molar-refractivity contribution < 1.29 is 23.1 Å². The second-order valence-corrected chi connectivity index (χ2v) is 11.1. The summed E-state index contributed by atoms with van der Waals surface area (Å²) in [6.45, 7) is 5.03. The summed E-state index contributed by atoms with van der Waals surface area (Å²) in [4.78, 5) is 26.1. The van der Waals surface area contributed by atoms with E-state index in [0.29, 0.717) is 75.2 Å². The van der Waals surface area contributed by atoms with Gasteiger partial charge in [-0.3, -0.25) is 9.59 Å². The molecule has 5 rings (SSSR count). The maximum absolute atomic E-state index is 13.6. The lowest BCUT2D eigenvalue weighted by Gasteiger charge is -2.15. The zero-order chi connectivity index (χ0) is 30.5. The molecule has 0 spiro atoms. The van der Waals surface area contributed by atoms with Gasteiger partial charge in [0.2, 0.25) is 0 Å². The number of furan rings is 1. The lowest BCUT2D eigenvalue weighted by molar-refractivity contribution is 0.0945. The van der Waals surface area contributed by atoms with Crippen LogP contribution in [0.1, 0.15) is 40.1 Å². The van der Waals surface area contributed by atoms with Crippen molar-refractivity contribution in [2.24, 2.45) is 5.92 Å². The van der Waals surface area contributed by atoms with Crippen LogP contribution in [0.25, 0.3) is 33.4 Å². The molecular weight excluding hydrogens is 567 g/mol. The lowest BCUT2D eigenvalue weighted by Crippen LogP contribution is -2.27. The van der Waals surface area contributed by atoms with E-state index in [1.165, 1.54) is 12.1 Å². The Hall–Kier alpha value is -4.62. The van der Waals surface area contributed by atoms with Crippen molar-refractivity contribution >= 4 is 34.4 Å². The minimum atomic E-state index is -0.385. The number of benzene rings is 4. The van der Waals surface area contributed by atoms with Gasteiger partial charge in [0.1, 0.15) is 22.9 Å². The first-order valence-electron chi connectivity index (χ1n) is 14.1. The summed E-state index contributed by atoms with van der Waals surface area (Å²) in [5.74, 6) is 0.337. The van der Waals surface area contributed by atoms with E-state index in [1.54, 1.807) is 43.4 Å². The second-order valence-electron chi connectivity index (χ2n) is 10.6. The average Bonchev–Trinajstić information content (AvgIpc) is 3.39. The van der Waals surface area contributed by atoms with E-state index in [9.17, 15) is 14.0 Å². The van der Waals surface area contributed by atoms with E-state index in [4.69, 9.17) is 20.8 Å². The van der Waals surface area contributed by atoms with Gasteiger partial charge in [0, 0.05) is 47.1 Å². The number of amides is 2. The maximum atomic E-state index is 13.6. The second kappa shape index (κ2) is 13.1. The summed E-state index contributed by atoms with van der Waals surface area (Å²) < 4.78 is 26.0.